The number of hydrogen-bond donors (Lipinski definition) is 4. The van der Waals surface area contributed by atoms with E-state index in [9.17, 15) is 4.79 Å². The van der Waals surface area contributed by atoms with Crippen molar-refractivity contribution in [1.29, 1.82) is 0 Å². The van der Waals surface area contributed by atoms with Crippen LogP contribution in [0.5, 0.6) is 0 Å². The molecule has 14 heavy (non-hydrogen) atoms. The molecule has 0 spiro atoms. The first-order valence-electron chi connectivity index (χ1n) is 4.41. The molecule has 6 nitrogen and oxygen atoms in total. The summed E-state index contributed by atoms with van der Waals surface area (Å²) in [6.45, 7) is 0. The number of aliphatic imine (C=N–C) groups is 1. The fraction of sp³-hybridized carbons (Fsp3) is 0.750. The van der Waals surface area contributed by atoms with Crippen molar-refractivity contribution in [2.45, 2.75) is 24.9 Å². The first-order chi connectivity index (χ1) is 6.52. The Bertz CT molecular complexity index is 217. The number of amidine groups is 1. The maximum atomic E-state index is 10.4. The van der Waals surface area contributed by atoms with E-state index in [1.807, 2.05) is 0 Å². The van der Waals surface area contributed by atoms with Gasteiger partial charge in [-0.1, -0.05) is 0 Å². The van der Waals surface area contributed by atoms with E-state index < -0.39 is 12.0 Å². The first-order valence-corrected chi connectivity index (χ1v) is 4.41. The Hall–Kier alpha value is -1.14. The highest BCUT2D eigenvalue weighted by Gasteiger charge is 2.15. The van der Waals surface area contributed by atoms with Crippen molar-refractivity contribution >= 4 is 11.8 Å². The second-order valence-electron chi connectivity index (χ2n) is 2.99. The van der Waals surface area contributed by atoms with Crippen molar-refractivity contribution in [2.75, 3.05) is 14.1 Å². The number of rotatable bonds is 5. The fourth-order valence-electron chi connectivity index (χ4n) is 1.08. The fourth-order valence-corrected chi connectivity index (χ4v) is 1.08. The van der Waals surface area contributed by atoms with E-state index in [-0.39, 0.29) is 6.04 Å². The molecule has 0 aliphatic carbocycles. The number of likely N-dealkylation sites (N-methyl/N-ethyl adjacent to an activating group) is 1. The lowest BCUT2D eigenvalue weighted by Gasteiger charge is -2.14. The number of nitrogens with two attached hydrogens (primary N) is 2. The Kier molecular flexibility index (Phi) is 5.82. The largest absolute Gasteiger partial charge is 0.480 e. The first kappa shape index (κ1) is 12.9. The lowest BCUT2D eigenvalue weighted by atomic mass is 10.1. The van der Waals surface area contributed by atoms with E-state index in [4.69, 9.17) is 16.6 Å². The zero-order valence-corrected chi connectivity index (χ0v) is 8.53. The highest BCUT2D eigenvalue weighted by molar-refractivity contribution is 5.86. The van der Waals surface area contributed by atoms with Crippen molar-refractivity contribution in [3.8, 4) is 0 Å². The van der Waals surface area contributed by atoms with E-state index in [1.54, 1.807) is 14.1 Å². The van der Waals surface area contributed by atoms with Crippen LogP contribution in [-0.2, 0) is 4.79 Å². The molecule has 6 N–H and O–H groups in total. The van der Waals surface area contributed by atoms with Gasteiger partial charge in [0.2, 0.25) is 0 Å². The van der Waals surface area contributed by atoms with E-state index in [1.165, 1.54) is 0 Å². The smallest absolute Gasteiger partial charge is 0.320 e. The monoisotopic (exact) mass is 202 g/mol. The Morgan fingerprint density at radius 3 is 2.29 bits per heavy atom. The zero-order valence-electron chi connectivity index (χ0n) is 8.53. The molecular weight excluding hydrogens is 184 g/mol. The normalized spacial score (nSPS) is 16.1. The van der Waals surface area contributed by atoms with Gasteiger partial charge in [0.05, 0.1) is 6.04 Å². The highest BCUT2D eigenvalue weighted by Crippen LogP contribution is 1.99. The standard InChI is InChI=1S/C8H18N4O2/c1-11-7(12-2)5(9)3-4-6(10)8(13)14/h5-6H,3-4,9-10H2,1-2H3,(H,11,12)(H,13,14)/t5?,6-/m0/s1. The molecular formula is C8H18N4O2. The summed E-state index contributed by atoms with van der Waals surface area (Å²) >= 11 is 0. The van der Waals surface area contributed by atoms with Gasteiger partial charge in [-0.2, -0.15) is 0 Å². The van der Waals surface area contributed by atoms with Crippen molar-refractivity contribution in [3.63, 3.8) is 0 Å². The number of nitrogens with zero attached hydrogens (tertiary/aromatic N) is 1. The summed E-state index contributed by atoms with van der Waals surface area (Å²) in [6, 6.07) is -1.13. The summed E-state index contributed by atoms with van der Waals surface area (Å²) in [4.78, 5) is 14.3. The molecule has 0 fully saturated rings. The molecule has 0 aromatic rings. The molecule has 0 aliphatic rings. The Morgan fingerprint density at radius 1 is 1.43 bits per heavy atom. The van der Waals surface area contributed by atoms with Crippen LogP contribution in [0, 0.1) is 0 Å². The van der Waals surface area contributed by atoms with Gasteiger partial charge < -0.3 is 21.9 Å². The van der Waals surface area contributed by atoms with Gasteiger partial charge in [0, 0.05) is 14.1 Å². The van der Waals surface area contributed by atoms with E-state index >= 15 is 0 Å². The molecule has 0 saturated heterocycles. The molecule has 0 aromatic carbocycles. The maximum absolute atomic E-state index is 10.4. The predicted octanol–water partition coefficient (Wildman–Crippen LogP) is -1.25. The highest BCUT2D eigenvalue weighted by atomic mass is 16.4. The van der Waals surface area contributed by atoms with Gasteiger partial charge in [0.25, 0.3) is 0 Å². The van der Waals surface area contributed by atoms with E-state index in [0.29, 0.717) is 18.7 Å². The van der Waals surface area contributed by atoms with E-state index in [2.05, 4.69) is 10.3 Å². The quantitative estimate of drug-likeness (QED) is 0.329. The number of hydrogen-bond acceptors (Lipinski definition) is 4. The molecule has 6 heteroatoms. The summed E-state index contributed by atoms with van der Waals surface area (Å²) in [5, 5.41) is 11.4. The van der Waals surface area contributed by atoms with Crippen LogP contribution in [0.4, 0.5) is 0 Å². The maximum Gasteiger partial charge on any atom is 0.320 e. The van der Waals surface area contributed by atoms with Gasteiger partial charge in [-0.25, -0.2) is 0 Å². The number of carboxylic acid groups (broad SMARTS) is 1. The molecule has 2 atom stereocenters. The zero-order chi connectivity index (χ0) is 11.1. The molecule has 1 unspecified atom stereocenters. The van der Waals surface area contributed by atoms with Gasteiger partial charge in [-0.05, 0) is 12.8 Å². The Balaban J connectivity index is 3.95. The minimum absolute atomic E-state index is 0.282. The van der Waals surface area contributed by atoms with Gasteiger partial charge >= 0.3 is 5.97 Å². The van der Waals surface area contributed by atoms with Gasteiger partial charge in [0.1, 0.15) is 11.9 Å². The molecule has 82 valence electrons. The van der Waals surface area contributed by atoms with Crippen LogP contribution in [0.2, 0.25) is 0 Å². The molecule has 0 bridgehead atoms. The van der Waals surface area contributed by atoms with Gasteiger partial charge in [-0.15, -0.1) is 0 Å². The average Bonchev–Trinajstić information content (AvgIpc) is 2.15. The van der Waals surface area contributed by atoms with E-state index in [0.717, 1.165) is 0 Å². The molecule has 0 aliphatic heterocycles. The second kappa shape index (κ2) is 6.33. The van der Waals surface area contributed by atoms with Crippen LogP contribution in [0.3, 0.4) is 0 Å². The summed E-state index contributed by atoms with van der Waals surface area (Å²) in [5.41, 5.74) is 11.1. The lowest BCUT2D eigenvalue weighted by molar-refractivity contribution is -0.138. The summed E-state index contributed by atoms with van der Waals surface area (Å²) in [7, 11) is 3.35. The molecule has 0 heterocycles. The summed E-state index contributed by atoms with van der Waals surface area (Å²) in [6.07, 6.45) is 0.845. The third kappa shape index (κ3) is 4.20. The van der Waals surface area contributed by atoms with Gasteiger partial charge in [-0.3, -0.25) is 9.79 Å². The second-order valence-corrected chi connectivity index (χ2v) is 2.99. The Morgan fingerprint density at radius 2 is 1.93 bits per heavy atom. The van der Waals surface area contributed by atoms with Crippen molar-refractivity contribution in [1.82, 2.24) is 5.32 Å². The minimum atomic E-state index is -1.00. The van der Waals surface area contributed by atoms with Crippen LogP contribution < -0.4 is 16.8 Å². The van der Waals surface area contributed by atoms with Crippen molar-refractivity contribution in [2.24, 2.45) is 16.5 Å². The molecule has 0 amide bonds. The summed E-state index contributed by atoms with van der Waals surface area (Å²) < 4.78 is 0. The molecule has 0 radical (unpaired) electrons. The number of nitrogens with one attached hydrogen (secondary N) is 1. The third-order valence-electron chi connectivity index (χ3n) is 1.95. The number of carboxylic acids is 1. The van der Waals surface area contributed by atoms with Crippen molar-refractivity contribution < 1.29 is 9.90 Å². The lowest BCUT2D eigenvalue weighted by Crippen LogP contribution is -2.41. The van der Waals surface area contributed by atoms with Gasteiger partial charge in [0.15, 0.2) is 0 Å². The predicted molar refractivity (Wildman–Crippen MR) is 55.2 cm³/mol. The van der Waals surface area contributed by atoms with Crippen molar-refractivity contribution in [3.05, 3.63) is 0 Å². The molecule has 0 saturated carbocycles. The topological polar surface area (TPSA) is 114 Å². The summed E-state index contributed by atoms with van der Waals surface area (Å²) in [5.74, 6) is -0.348. The number of aliphatic carboxylic acids is 1. The van der Waals surface area contributed by atoms with Crippen LogP contribution in [0.15, 0.2) is 4.99 Å². The van der Waals surface area contributed by atoms with Crippen LogP contribution in [-0.4, -0.2) is 43.1 Å². The van der Waals surface area contributed by atoms with Crippen LogP contribution >= 0.6 is 0 Å². The number of carbonyl (C=O) groups is 1. The SMILES string of the molecule is CN=C(NC)C(N)CC[C@H](N)C(=O)O. The minimum Gasteiger partial charge on any atom is -0.480 e. The molecule has 0 aromatic heterocycles. The third-order valence-corrected chi connectivity index (χ3v) is 1.95. The average molecular weight is 202 g/mol. The van der Waals surface area contributed by atoms with Crippen LogP contribution in [0.1, 0.15) is 12.8 Å². The Labute approximate surface area is 83.4 Å². The molecule has 0 rings (SSSR count). The van der Waals surface area contributed by atoms with Crippen LogP contribution in [0.25, 0.3) is 0 Å².